The van der Waals surface area contributed by atoms with E-state index in [1.807, 2.05) is 6.07 Å². The number of benzene rings is 2. The van der Waals surface area contributed by atoms with Crippen molar-refractivity contribution in [1.82, 2.24) is 0 Å². The lowest BCUT2D eigenvalue weighted by molar-refractivity contribution is 0.174. The van der Waals surface area contributed by atoms with Gasteiger partial charge in [-0.3, -0.25) is 0 Å². The molecule has 0 N–H and O–H groups in total. The molecule has 0 radical (unpaired) electrons. The number of hydrogen-bond donors (Lipinski definition) is 0. The molecule has 0 aliphatic carbocycles. The predicted molar refractivity (Wildman–Crippen MR) is 64.2 cm³/mol. The summed E-state index contributed by atoms with van der Waals surface area (Å²) in [6.07, 6.45) is 0. The highest BCUT2D eigenvalue weighted by Crippen LogP contribution is 2.36. The first-order chi connectivity index (χ1) is 7.74. The molecule has 2 aromatic carbocycles. The van der Waals surface area contributed by atoms with Gasteiger partial charge in [0.15, 0.2) is 11.5 Å². The lowest BCUT2D eigenvalue weighted by Gasteiger charge is -2.07. The van der Waals surface area contributed by atoms with Crippen molar-refractivity contribution in [3.05, 3.63) is 35.9 Å². The Morgan fingerprint density at radius 2 is 1.62 bits per heavy atom. The zero-order valence-corrected chi connectivity index (χ0v) is 9.49. The second-order valence-electron chi connectivity index (χ2n) is 4.47. The first-order valence-corrected chi connectivity index (χ1v) is 5.57. The van der Waals surface area contributed by atoms with Crippen molar-refractivity contribution in [3.63, 3.8) is 0 Å². The zero-order valence-electron chi connectivity index (χ0n) is 9.49. The van der Waals surface area contributed by atoms with Gasteiger partial charge in [0.1, 0.15) is 0 Å². The first kappa shape index (κ1) is 9.52. The van der Waals surface area contributed by atoms with Gasteiger partial charge in [0, 0.05) is 0 Å². The van der Waals surface area contributed by atoms with Crippen LogP contribution in [0.4, 0.5) is 0 Å². The fraction of sp³-hybridized carbons (Fsp3) is 0.286. The molecule has 2 heteroatoms. The van der Waals surface area contributed by atoms with E-state index < -0.39 is 0 Å². The maximum atomic E-state index is 5.38. The minimum Gasteiger partial charge on any atom is -0.454 e. The smallest absolute Gasteiger partial charge is 0.231 e. The van der Waals surface area contributed by atoms with Gasteiger partial charge in [-0.2, -0.15) is 0 Å². The van der Waals surface area contributed by atoms with E-state index in [-0.39, 0.29) is 0 Å². The lowest BCUT2D eigenvalue weighted by atomic mass is 9.99. The van der Waals surface area contributed by atoms with Crippen LogP contribution in [0.25, 0.3) is 10.8 Å². The summed E-state index contributed by atoms with van der Waals surface area (Å²) in [6, 6.07) is 10.6. The highest BCUT2D eigenvalue weighted by Gasteiger charge is 2.14. The molecular weight excluding hydrogens is 200 g/mol. The van der Waals surface area contributed by atoms with Gasteiger partial charge in [0.25, 0.3) is 0 Å². The van der Waals surface area contributed by atoms with E-state index in [2.05, 4.69) is 38.1 Å². The zero-order chi connectivity index (χ0) is 11.1. The Morgan fingerprint density at radius 3 is 2.31 bits per heavy atom. The van der Waals surface area contributed by atoms with Crippen molar-refractivity contribution in [3.8, 4) is 11.5 Å². The summed E-state index contributed by atoms with van der Waals surface area (Å²) in [5.74, 6) is 2.26. The monoisotopic (exact) mass is 214 g/mol. The second-order valence-corrected chi connectivity index (χ2v) is 4.47. The SMILES string of the molecule is CC(C)c1ccc2cc3c(cc2c1)OCO3. The van der Waals surface area contributed by atoms with Crippen molar-refractivity contribution < 1.29 is 9.47 Å². The number of ether oxygens (including phenoxy) is 2. The summed E-state index contributed by atoms with van der Waals surface area (Å²) in [7, 11) is 0. The lowest BCUT2D eigenvalue weighted by Crippen LogP contribution is -1.92. The van der Waals surface area contributed by atoms with E-state index in [9.17, 15) is 0 Å². The minimum absolute atomic E-state index is 0.336. The van der Waals surface area contributed by atoms with Crippen molar-refractivity contribution in [2.45, 2.75) is 19.8 Å². The van der Waals surface area contributed by atoms with E-state index >= 15 is 0 Å². The minimum atomic E-state index is 0.336. The van der Waals surface area contributed by atoms with Crippen LogP contribution < -0.4 is 9.47 Å². The van der Waals surface area contributed by atoms with Crippen molar-refractivity contribution in [2.24, 2.45) is 0 Å². The Morgan fingerprint density at radius 1 is 0.938 bits per heavy atom. The fourth-order valence-corrected chi connectivity index (χ4v) is 2.02. The molecule has 0 saturated carbocycles. The van der Waals surface area contributed by atoms with Gasteiger partial charge in [0.2, 0.25) is 6.79 Å². The van der Waals surface area contributed by atoms with Crippen LogP contribution in [0.2, 0.25) is 0 Å². The highest BCUT2D eigenvalue weighted by atomic mass is 16.7. The average molecular weight is 214 g/mol. The molecule has 0 fully saturated rings. The third kappa shape index (κ3) is 1.42. The molecule has 3 rings (SSSR count). The molecule has 0 saturated heterocycles. The molecule has 2 nitrogen and oxygen atoms in total. The molecule has 2 aromatic rings. The van der Waals surface area contributed by atoms with Gasteiger partial charge in [-0.15, -0.1) is 0 Å². The summed E-state index contributed by atoms with van der Waals surface area (Å²) in [6.45, 7) is 4.74. The third-order valence-corrected chi connectivity index (χ3v) is 3.02. The summed E-state index contributed by atoms with van der Waals surface area (Å²) in [5, 5.41) is 2.42. The predicted octanol–water partition coefficient (Wildman–Crippen LogP) is 3.69. The maximum Gasteiger partial charge on any atom is 0.231 e. The molecule has 82 valence electrons. The maximum absolute atomic E-state index is 5.38. The Bertz CT molecular complexity index is 544. The van der Waals surface area contributed by atoms with Gasteiger partial charge < -0.3 is 9.47 Å². The van der Waals surface area contributed by atoms with Crippen LogP contribution in [0.1, 0.15) is 25.3 Å². The van der Waals surface area contributed by atoms with Crippen LogP contribution in [0, 0.1) is 0 Å². The second kappa shape index (κ2) is 3.41. The summed E-state index contributed by atoms with van der Waals surface area (Å²) >= 11 is 0. The van der Waals surface area contributed by atoms with Gasteiger partial charge in [-0.1, -0.05) is 32.0 Å². The Balaban J connectivity index is 2.20. The number of rotatable bonds is 1. The van der Waals surface area contributed by atoms with Crippen LogP contribution in [0.3, 0.4) is 0 Å². The van der Waals surface area contributed by atoms with E-state index in [0.29, 0.717) is 12.7 Å². The normalized spacial score (nSPS) is 13.7. The molecular formula is C14H14O2. The van der Waals surface area contributed by atoms with Gasteiger partial charge in [-0.05, 0) is 34.4 Å². The topological polar surface area (TPSA) is 18.5 Å². The third-order valence-electron chi connectivity index (χ3n) is 3.02. The molecule has 16 heavy (non-hydrogen) atoms. The molecule has 1 aliphatic heterocycles. The quantitative estimate of drug-likeness (QED) is 0.720. The van der Waals surface area contributed by atoms with Gasteiger partial charge >= 0.3 is 0 Å². The molecule has 0 amide bonds. The molecule has 0 bridgehead atoms. The van der Waals surface area contributed by atoms with Crippen molar-refractivity contribution >= 4 is 10.8 Å². The standard InChI is InChI=1S/C14H14O2/c1-9(2)10-3-4-11-6-13-14(16-8-15-13)7-12(11)5-10/h3-7,9H,8H2,1-2H3. The van der Waals surface area contributed by atoms with E-state index in [1.54, 1.807) is 0 Å². The Kier molecular flexibility index (Phi) is 2.03. The number of hydrogen-bond acceptors (Lipinski definition) is 2. The summed E-state index contributed by atoms with van der Waals surface area (Å²) < 4.78 is 10.7. The van der Waals surface area contributed by atoms with Crippen LogP contribution in [0.5, 0.6) is 11.5 Å². The van der Waals surface area contributed by atoms with Crippen LogP contribution in [-0.2, 0) is 0 Å². The summed E-state index contributed by atoms with van der Waals surface area (Å²) in [4.78, 5) is 0. The van der Waals surface area contributed by atoms with E-state index in [1.165, 1.54) is 16.3 Å². The van der Waals surface area contributed by atoms with Gasteiger partial charge in [-0.25, -0.2) is 0 Å². The van der Waals surface area contributed by atoms with Crippen molar-refractivity contribution in [1.29, 1.82) is 0 Å². The largest absolute Gasteiger partial charge is 0.454 e. The fourth-order valence-electron chi connectivity index (χ4n) is 2.02. The van der Waals surface area contributed by atoms with Crippen LogP contribution >= 0.6 is 0 Å². The van der Waals surface area contributed by atoms with Crippen LogP contribution in [-0.4, -0.2) is 6.79 Å². The van der Waals surface area contributed by atoms with E-state index in [0.717, 1.165) is 11.5 Å². The molecule has 1 heterocycles. The Labute approximate surface area is 94.8 Å². The average Bonchev–Trinajstić information content (AvgIpc) is 2.71. The molecule has 0 atom stereocenters. The van der Waals surface area contributed by atoms with Gasteiger partial charge in [0.05, 0.1) is 0 Å². The first-order valence-electron chi connectivity index (χ1n) is 5.57. The van der Waals surface area contributed by atoms with E-state index in [4.69, 9.17) is 9.47 Å². The highest BCUT2D eigenvalue weighted by molar-refractivity contribution is 5.87. The van der Waals surface area contributed by atoms with Crippen LogP contribution in [0.15, 0.2) is 30.3 Å². The molecule has 1 aliphatic rings. The molecule has 0 spiro atoms. The molecule has 0 aromatic heterocycles. The number of fused-ring (bicyclic) bond motifs is 2. The summed E-state index contributed by atoms with van der Waals surface area (Å²) in [5.41, 5.74) is 1.35. The molecule has 0 unspecified atom stereocenters. The van der Waals surface area contributed by atoms with Crippen molar-refractivity contribution in [2.75, 3.05) is 6.79 Å². The Hall–Kier alpha value is -1.70.